The van der Waals surface area contributed by atoms with Crippen LogP contribution in [0.4, 0.5) is 5.69 Å². The number of benzene rings is 3. The number of nitriles is 1. The summed E-state index contributed by atoms with van der Waals surface area (Å²) in [6, 6.07) is 32.9. The lowest BCUT2D eigenvalue weighted by molar-refractivity contribution is -0.128. The molecule has 0 bridgehead atoms. The fourth-order valence-electron chi connectivity index (χ4n) is 4.30. The first kappa shape index (κ1) is 22.3. The normalized spacial score (nSPS) is 14.7. The van der Waals surface area contributed by atoms with Crippen LogP contribution < -0.4 is 4.90 Å². The van der Waals surface area contributed by atoms with Crippen molar-refractivity contribution in [2.75, 3.05) is 38.1 Å². The van der Waals surface area contributed by atoms with Crippen LogP contribution in [0.2, 0.25) is 0 Å². The second kappa shape index (κ2) is 10.6. The van der Waals surface area contributed by atoms with E-state index in [9.17, 15) is 10.1 Å². The van der Waals surface area contributed by atoms with Gasteiger partial charge in [0.1, 0.15) is 11.6 Å². The van der Waals surface area contributed by atoms with Gasteiger partial charge in [-0.15, -0.1) is 0 Å². The molecule has 0 radical (unpaired) electrons. The largest absolute Gasteiger partial charge is 0.350 e. The van der Waals surface area contributed by atoms with Crippen LogP contribution in [0.3, 0.4) is 0 Å². The predicted octanol–water partition coefficient (Wildman–Crippen LogP) is 4.46. The molecule has 4 rings (SSSR count). The van der Waals surface area contributed by atoms with Crippen LogP contribution in [0, 0.1) is 11.3 Å². The summed E-state index contributed by atoms with van der Waals surface area (Å²) in [5.41, 5.74) is 3.56. The van der Waals surface area contributed by atoms with Crippen LogP contribution in [-0.2, 0) is 4.79 Å². The molecular formula is C28H28N4O. The molecule has 1 aliphatic heterocycles. The summed E-state index contributed by atoms with van der Waals surface area (Å²) < 4.78 is 0. The Morgan fingerprint density at radius 1 is 0.848 bits per heavy atom. The van der Waals surface area contributed by atoms with Crippen LogP contribution in [0.1, 0.15) is 17.2 Å². The molecule has 5 heteroatoms. The minimum absolute atomic E-state index is 0.139. The number of piperazine rings is 1. The maximum absolute atomic E-state index is 13.1. The molecule has 1 fully saturated rings. The van der Waals surface area contributed by atoms with Gasteiger partial charge in [-0.2, -0.15) is 5.26 Å². The van der Waals surface area contributed by atoms with Crippen molar-refractivity contribution in [2.45, 2.75) is 6.04 Å². The molecule has 0 saturated carbocycles. The molecule has 1 amide bonds. The highest BCUT2D eigenvalue weighted by Gasteiger charge is 2.29. The second-order valence-corrected chi connectivity index (χ2v) is 8.15. The van der Waals surface area contributed by atoms with E-state index in [1.54, 1.807) is 11.1 Å². The molecule has 3 aromatic carbocycles. The summed E-state index contributed by atoms with van der Waals surface area (Å²) in [5.74, 6) is -0.212. The van der Waals surface area contributed by atoms with E-state index < -0.39 is 0 Å². The highest BCUT2D eigenvalue weighted by Crippen LogP contribution is 2.29. The van der Waals surface area contributed by atoms with E-state index in [4.69, 9.17) is 0 Å². The average molecular weight is 437 g/mol. The third-order valence-corrected chi connectivity index (χ3v) is 6.03. The van der Waals surface area contributed by atoms with Gasteiger partial charge >= 0.3 is 0 Å². The van der Waals surface area contributed by atoms with Crippen molar-refractivity contribution in [3.05, 3.63) is 114 Å². The predicted molar refractivity (Wildman–Crippen MR) is 131 cm³/mol. The molecule has 0 atom stereocenters. The molecule has 0 aromatic heterocycles. The quantitative estimate of drug-likeness (QED) is 0.423. The highest BCUT2D eigenvalue weighted by molar-refractivity contribution is 5.97. The molecule has 0 unspecified atom stereocenters. The molecule has 166 valence electrons. The zero-order valence-corrected chi connectivity index (χ0v) is 18.8. The first-order chi connectivity index (χ1) is 16.2. The number of hydrogen-bond donors (Lipinski definition) is 0. The SMILES string of the molecule is CN(/C=C(/C#N)C(=O)N1CCN(C(c2ccccc2)c2ccccc2)CC1)c1ccccc1. The van der Waals surface area contributed by atoms with Gasteiger partial charge in [0.2, 0.25) is 0 Å². The van der Waals surface area contributed by atoms with E-state index in [0.29, 0.717) is 13.1 Å². The zero-order valence-electron chi connectivity index (χ0n) is 18.8. The molecule has 3 aromatic rings. The molecule has 0 spiro atoms. The van der Waals surface area contributed by atoms with E-state index >= 15 is 0 Å². The molecule has 0 N–H and O–H groups in total. The van der Waals surface area contributed by atoms with Crippen LogP contribution >= 0.6 is 0 Å². The van der Waals surface area contributed by atoms with Gasteiger partial charge in [0.25, 0.3) is 5.91 Å². The summed E-state index contributed by atoms with van der Waals surface area (Å²) in [7, 11) is 1.85. The number of hydrogen-bond acceptors (Lipinski definition) is 4. The Bertz CT molecular complexity index is 1080. The molecule has 5 nitrogen and oxygen atoms in total. The molecule has 1 heterocycles. The van der Waals surface area contributed by atoms with Crippen molar-refractivity contribution < 1.29 is 4.79 Å². The van der Waals surface area contributed by atoms with Gasteiger partial charge < -0.3 is 9.80 Å². The number of anilines is 1. The van der Waals surface area contributed by atoms with Gasteiger partial charge in [0.05, 0.1) is 6.04 Å². The van der Waals surface area contributed by atoms with Crippen molar-refractivity contribution >= 4 is 11.6 Å². The molecule has 0 aliphatic carbocycles. The molecular weight excluding hydrogens is 408 g/mol. The van der Waals surface area contributed by atoms with Gasteiger partial charge in [0, 0.05) is 45.1 Å². The van der Waals surface area contributed by atoms with Crippen molar-refractivity contribution in [3.8, 4) is 6.07 Å². The first-order valence-electron chi connectivity index (χ1n) is 11.2. The molecule has 1 aliphatic rings. The number of para-hydroxylation sites is 1. The topological polar surface area (TPSA) is 50.6 Å². The second-order valence-electron chi connectivity index (χ2n) is 8.15. The third kappa shape index (κ3) is 5.31. The summed E-state index contributed by atoms with van der Waals surface area (Å²) in [5, 5.41) is 9.66. The van der Waals surface area contributed by atoms with Crippen LogP contribution in [-0.4, -0.2) is 48.9 Å². The number of nitrogens with zero attached hydrogens (tertiary/aromatic N) is 4. The number of amides is 1. The van der Waals surface area contributed by atoms with E-state index in [1.165, 1.54) is 11.1 Å². The van der Waals surface area contributed by atoms with E-state index in [2.05, 4.69) is 59.5 Å². The lowest BCUT2D eigenvalue weighted by Gasteiger charge is -2.39. The Labute approximate surface area is 195 Å². The summed E-state index contributed by atoms with van der Waals surface area (Å²) in [4.78, 5) is 19.1. The Kier molecular flexibility index (Phi) is 7.19. The first-order valence-corrected chi connectivity index (χ1v) is 11.2. The summed E-state index contributed by atoms with van der Waals surface area (Å²) in [6.07, 6.45) is 1.63. The highest BCUT2D eigenvalue weighted by atomic mass is 16.2. The Balaban J connectivity index is 1.47. The number of carbonyl (C=O) groups excluding carboxylic acids is 1. The van der Waals surface area contributed by atoms with Gasteiger partial charge in [-0.05, 0) is 23.3 Å². The number of rotatable bonds is 6. The Morgan fingerprint density at radius 2 is 1.33 bits per heavy atom. The fourth-order valence-corrected chi connectivity index (χ4v) is 4.30. The zero-order chi connectivity index (χ0) is 23.0. The lowest BCUT2D eigenvalue weighted by Crippen LogP contribution is -2.50. The van der Waals surface area contributed by atoms with Gasteiger partial charge in [-0.25, -0.2) is 0 Å². The maximum atomic E-state index is 13.1. The van der Waals surface area contributed by atoms with Gasteiger partial charge in [0.15, 0.2) is 0 Å². The third-order valence-electron chi connectivity index (χ3n) is 6.03. The monoisotopic (exact) mass is 436 g/mol. The summed E-state index contributed by atoms with van der Waals surface area (Å²) >= 11 is 0. The van der Waals surface area contributed by atoms with E-state index in [-0.39, 0.29) is 17.5 Å². The van der Waals surface area contributed by atoms with E-state index in [1.807, 2.05) is 54.4 Å². The van der Waals surface area contributed by atoms with Crippen LogP contribution in [0.5, 0.6) is 0 Å². The van der Waals surface area contributed by atoms with Crippen molar-refractivity contribution in [1.29, 1.82) is 5.26 Å². The lowest BCUT2D eigenvalue weighted by atomic mass is 9.96. The van der Waals surface area contributed by atoms with Crippen molar-refractivity contribution in [2.24, 2.45) is 0 Å². The smallest absolute Gasteiger partial charge is 0.266 e. The fraction of sp³-hybridized carbons (Fsp3) is 0.214. The maximum Gasteiger partial charge on any atom is 0.266 e. The standard InChI is InChI=1S/C28H28N4O/c1-30(26-15-9-4-10-16-26)22-25(21-29)28(33)32-19-17-31(18-20-32)27(23-11-5-2-6-12-23)24-13-7-3-8-14-24/h2-16,22,27H,17-20H2,1H3/b25-22-. The minimum atomic E-state index is -0.212. The molecule has 1 saturated heterocycles. The molecule has 33 heavy (non-hydrogen) atoms. The van der Waals surface area contributed by atoms with Crippen molar-refractivity contribution in [3.63, 3.8) is 0 Å². The van der Waals surface area contributed by atoms with Crippen molar-refractivity contribution in [1.82, 2.24) is 9.80 Å². The Morgan fingerprint density at radius 3 is 1.82 bits per heavy atom. The minimum Gasteiger partial charge on any atom is -0.350 e. The van der Waals surface area contributed by atoms with E-state index in [0.717, 1.165) is 18.8 Å². The number of carbonyl (C=O) groups is 1. The van der Waals surface area contributed by atoms with Crippen LogP contribution in [0.25, 0.3) is 0 Å². The van der Waals surface area contributed by atoms with Gasteiger partial charge in [-0.3, -0.25) is 9.69 Å². The summed E-state index contributed by atoms with van der Waals surface area (Å²) in [6.45, 7) is 2.66. The van der Waals surface area contributed by atoms with Gasteiger partial charge in [-0.1, -0.05) is 78.9 Å². The average Bonchev–Trinajstić information content (AvgIpc) is 2.89. The van der Waals surface area contributed by atoms with Crippen LogP contribution in [0.15, 0.2) is 103 Å². The Hall–Kier alpha value is -3.88.